The molecule has 98 valence electrons. The van der Waals surface area contributed by atoms with Crippen LogP contribution in [-0.2, 0) is 0 Å². The quantitative estimate of drug-likeness (QED) is 0.312. The Kier molecular flexibility index (Phi) is 3.32. The lowest BCUT2D eigenvalue weighted by Gasteiger charge is -1.94. The van der Waals surface area contributed by atoms with Crippen LogP contribution >= 0.6 is 45.3 Å². The molecule has 0 atom stereocenters. The molecule has 0 radical (unpaired) electrons. The van der Waals surface area contributed by atoms with Crippen molar-refractivity contribution >= 4 is 45.3 Å². The smallest absolute Gasteiger partial charge is 0.0449 e. The Hall–Kier alpha value is -1.20. The number of thiophene rings is 4. The molecule has 5 rings (SSSR count). The average molecular weight is 331 g/mol. The number of fused-ring (bicyclic) bond motifs is 6. The predicted octanol–water partition coefficient (Wildman–Crippen LogP) is 6.93. The molecule has 5 heterocycles. The normalized spacial score (nSPS) is 11.0. The Labute approximate surface area is 133 Å². The number of hydrogen-bond acceptors (Lipinski definition) is 4. The van der Waals surface area contributed by atoms with Crippen molar-refractivity contribution in [2.24, 2.45) is 0 Å². The summed E-state index contributed by atoms with van der Waals surface area (Å²) < 4.78 is 0. The maximum Gasteiger partial charge on any atom is 0.0449 e. The zero-order valence-electron chi connectivity index (χ0n) is 10.4. The molecule has 1 aliphatic rings. The minimum Gasteiger partial charge on any atom is -0.143 e. The van der Waals surface area contributed by atoms with Gasteiger partial charge in [0.25, 0.3) is 0 Å². The molecule has 20 heavy (non-hydrogen) atoms. The van der Waals surface area contributed by atoms with Gasteiger partial charge in [0.2, 0.25) is 0 Å². The Morgan fingerprint density at radius 3 is 1.15 bits per heavy atom. The van der Waals surface area contributed by atoms with Crippen LogP contribution in [0.3, 0.4) is 0 Å². The summed E-state index contributed by atoms with van der Waals surface area (Å²) in [5.41, 5.74) is 0. The van der Waals surface area contributed by atoms with Gasteiger partial charge in [0, 0.05) is 29.3 Å². The molecule has 4 aromatic rings. The fourth-order valence-electron chi connectivity index (χ4n) is 2.04. The molecule has 4 heteroatoms. The molecular weight excluding hydrogens is 320 g/mol. The third kappa shape index (κ3) is 2.29. The van der Waals surface area contributed by atoms with E-state index in [4.69, 9.17) is 0 Å². The highest BCUT2D eigenvalue weighted by Gasteiger charge is 2.13. The summed E-state index contributed by atoms with van der Waals surface area (Å²) in [4.78, 5) is 8.45. The van der Waals surface area contributed by atoms with Crippen LogP contribution in [0.15, 0.2) is 59.3 Å². The van der Waals surface area contributed by atoms with Gasteiger partial charge in [-0.3, -0.25) is 0 Å². The topological polar surface area (TPSA) is 0 Å². The van der Waals surface area contributed by atoms with E-state index < -0.39 is 0 Å². The maximum absolute atomic E-state index is 2.21. The summed E-state index contributed by atoms with van der Waals surface area (Å²) in [6.07, 6.45) is 0. The van der Waals surface area contributed by atoms with Gasteiger partial charge < -0.3 is 0 Å². The van der Waals surface area contributed by atoms with E-state index in [0.717, 1.165) is 0 Å². The van der Waals surface area contributed by atoms with E-state index in [2.05, 4.69) is 59.3 Å². The van der Waals surface area contributed by atoms with Crippen LogP contribution in [-0.4, -0.2) is 0 Å². The molecule has 0 amide bonds. The fourth-order valence-corrected chi connectivity index (χ4v) is 5.81. The summed E-state index contributed by atoms with van der Waals surface area (Å²) in [6, 6.07) is 17.3. The van der Waals surface area contributed by atoms with E-state index in [1.165, 1.54) is 29.3 Å². The molecule has 0 N–H and O–H groups in total. The molecule has 1 aliphatic heterocycles. The van der Waals surface area contributed by atoms with Crippen molar-refractivity contribution in [3.05, 3.63) is 59.3 Å². The zero-order valence-corrected chi connectivity index (χ0v) is 13.7. The number of hydrogen-bond donors (Lipinski definition) is 0. The van der Waals surface area contributed by atoms with Gasteiger partial charge in [0.05, 0.1) is 0 Å². The highest BCUT2D eigenvalue weighted by atomic mass is 32.1. The second kappa shape index (κ2) is 5.30. The maximum atomic E-state index is 2.21. The minimum atomic E-state index is 1.37. The van der Waals surface area contributed by atoms with Crippen LogP contribution in [0, 0.1) is 0 Å². The van der Waals surface area contributed by atoms with E-state index in [1.807, 2.05) is 22.7 Å². The standard InChI is InChI=1S/C8H4S2.C8H6S2/c1-2-6-8-4-3-7(10-8)5(1)9-6;1-3-7(9-5-1)8-4-2-6-10-8/h1-4H;1-6H. The molecule has 0 saturated carbocycles. The molecule has 0 unspecified atom stereocenters. The molecule has 0 aromatic carbocycles. The first-order chi connectivity index (χ1) is 9.90. The van der Waals surface area contributed by atoms with Gasteiger partial charge in [-0.05, 0) is 47.2 Å². The predicted molar refractivity (Wildman–Crippen MR) is 94.3 cm³/mol. The van der Waals surface area contributed by atoms with Crippen LogP contribution in [0.5, 0.6) is 0 Å². The summed E-state index contributed by atoms with van der Waals surface area (Å²) in [5.74, 6) is 0. The van der Waals surface area contributed by atoms with Gasteiger partial charge in [-0.15, -0.1) is 45.3 Å². The zero-order chi connectivity index (χ0) is 13.4. The van der Waals surface area contributed by atoms with Crippen molar-refractivity contribution in [3.8, 4) is 29.3 Å². The summed E-state index contributed by atoms with van der Waals surface area (Å²) >= 11 is 7.37. The molecule has 4 bridgehead atoms. The molecule has 0 saturated heterocycles. The van der Waals surface area contributed by atoms with Crippen molar-refractivity contribution in [1.29, 1.82) is 0 Å². The van der Waals surface area contributed by atoms with Gasteiger partial charge in [-0.25, -0.2) is 0 Å². The van der Waals surface area contributed by atoms with Gasteiger partial charge in [-0.1, -0.05) is 12.1 Å². The van der Waals surface area contributed by atoms with E-state index >= 15 is 0 Å². The molecular formula is C16H10S4. The highest BCUT2D eigenvalue weighted by Crippen LogP contribution is 2.46. The van der Waals surface area contributed by atoms with E-state index in [1.54, 1.807) is 22.7 Å². The monoisotopic (exact) mass is 330 g/mol. The first kappa shape index (κ1) is 12.5. The van der Waals surface area contributed by atoms with Crippen molar-refractivity contribution in [2.45, 2.75) is 0 Å². The lowest BCUT2D eigenvalue weighted by Crippen LogP contribution is -1.59. The SMILES string of the molecule is c1cc2sc1-c1ccc-2s1.c1csc(-c2cccs2)c1. The van der Waals surface area contributed by atoms with Crippen LogP contribution in [0.4, 0.5) is 0 Å². The molecule has 4 aromatic heterocycles. The lowest BCUT2D eigenvalue weighted by molar-refractivity contribution is 1.88. The second-order valence-electron chi connectivity index (χ2n) is 4.28. The second-order valence-corrected chi connectivity index (χ2v) is 8.35. The van der Waals surface area contributed by atoms with Crippen molar-refractivity contribution in [1.82, 2.24) is 0 Å². The summed E-state index contributed by atoms with van der Waals surface area (Å²) in [6.45, 7) is 0. The largest absolute Gasteiger partial charge is 0.143 e. The highest BCUT2D eigenvalue weighted by molar-refractivity contribution is 7.30. The molecule has 0 nitrogen and oxygen atoms in total. The third-order valence-corrected chi connectivity index (χ3v) is 7.48. The molecule has 0 aliphatic carbocycles. The Balaban J connectivity index is 0.000000106. The van der Waals surface area contributed by atoms with E-state index in [9.17, 15) is 0 Å². The lowest BCUT2D eigenvalue weighted by atomic mass is 10.3. The van der Waals surface area contributed by atoms with Crippen molar-refractivity contribution in [3.63, 3.8) is 0 Å². The third-order valence-electron chi connectivity index (χ3n) is 2.98. The molecule has 0 fully saturated rings. The van der Waals surface area contributed by atoms with Crippen molar-refractivity contribution in [2.75, 3.05) is 0 Å². The Bertz CT molecular complexity index is 697. The van der Waals surface area contributed by atoms with Crippen LogP contribution in [0.2, 0.25) is 0 Å². The van der Waals surface area contributed by atoms with E-state index in [0.29, 0.717) is 0 Å². The minimum absolute atomic E-state index is 1.37. The number of rotatable bonds is 1. The average Bonchev–Trinajstić information content (AvgIpc) is 3.23. The van der Waals surface area contributed by atoms with Gasteiger partial charge >= 0.3 is 0 Å². The summed E-state index contributed by atoms with van der Waals surface area (Å²) in [7, 11) is 0. The van der Waals surface area contributed by atoms with Gasteiger partial charge in [0.15, 0.2) is 0 Å². The van der Waals surface area contributed by atoms with Crippen LogP contribution in [0.25, 0.3) is 29.3 Å². The first-order valence-corrected chi connectivity index (χ1v) is 9.57. The van der Waals surface area contributed by atoms with Crippen molar-refractivity contribution < 1.29 is 0 Å². The van der Waals surface area contributed by atoms with Crippen LogP contribution < -0.4 is 0 Å². The van der Waals surface area contributed by atoms with E-state index in [-0.39, 0.29) is 0 Å². The molecule has 0 spiro atoms. The summed E-state index contributed by atoms with van der Waals surface area (Å²) in [5, 5.41) is 4.21. The Morgan fingerprint density at radius 1 is 0.450 bits per heavy atom. The Morgan fingerprint density at radius 2 is 0.850 bits per heavy atom. The first-order valence-electron chi connectivity index (χ1n) is 6.18. The van der Waals surface area contributed by atoms with Gasteiger partial charge in [0.1, 0.15) is 0 Å². The fraction of sp³-hybridized carbons (Fsp3) is 0. The van der Waals surface area contributed by atoms with Crippen LogP contribution in [0.1, 0.15) is 0 Å². The van der Waals surface area contributed by atoms with Gasteiger partial charge in [-0.2, -0.15) is 0 Å².